The van der Waals surface area contributed by atoms with Crippen molar-refractivity contribution in [3.05, 3.63) is 47.5 Å². The first kappa shape index (κ1) is 14.7. The van der Waals surface area contributed by atoms with E-state index in [0.29, 0.717) is 0 Å². The van der Waals surface area contributed by atoms with Crippen LogP contribution in [0.3, 0.4) is 0 Å². The lowest BCUT2D eigenvalue weighted by molar-refractivity contribution is 0.449. The number of aromatic hydroxyl groups is 4. The molecular formula is C14H10N2O4. The van der Waals surface area contributed by atoms with E-state index in [4.69, 9.17) is 30.9 Å². The van der Waals surface area contributed by atoms with Crippen molar-refractivity contribution in [1.29, 1.82) is 10.5 Å². The number of hydrogen-bond acceptors (Lipinski definition) is 6. The molecule has 0 amide bonds. The largest absolute Gasteiger partial charge is 0.508 e. The number of hydrogen-bond donors (Lipinski definition) is 4. The van der Waals surface area contributed by atoms with E-state index in [0.717, 1.165) is 0 Å². The molecule has 6 nitrogen and oxygen atoms in total. The minimum atomic E-state index is -0.100. The molecule has 6 heteroatoms. The van der Waals surface area contributed by atoms with Crippen LogP contribution in [0.4, 0.5) is 0 Å². The molecule has 0 fully saturated rings. The summed E-state index contributed by atoms with van der Waals surface area (Å²) in [6.45, 7) is 0. The highest BCUT2D eigenvalue weighted by Gasteiger charge is 1.96. The molecule has 4 N–H and O–H groups in total. The second-order valence-corrected chi connectivity index (χ2v) is 3.70. The van der Waals surface area contributed by atoms with E-state index in [-0.39, 0.29) is 34.1 Å². The fourth-order valence-corrected chi connectivity index (χ4v) is 1.32. The zero-order chi connectivity index (χ0) is 15.1. The molecule has 0 heterocycles. The third-order valence-corrected chi connectivity index (χ3v) is 2.06. The minimum Gasteiger partial charge on any atom is -0.508 e. The first-order valence-corrected chi connectivity index (χ1v) is 5.31. The van der Waals surface area contributed by atoms with Crippen molar-refractivity contribution in [1.82, 2.24) is 0 Å². The summed E-state index contributed by atoms with van der Waals surface area (Å²) in [5.41, 5.74) is 0.495. The second kappa shape index (κ2) is 6.53. The molecule has 100 valence electrons. The van der Waals surface area contributed by atoms with Gasteiger partial charge in [-0.05, 0) is 24.3 Å². The molecule has 2 aromatic carbocycles. The highest BCUT2D eigenvalue weighted by atomic mass is 16.3. The van der Waals surface area contributed by atoms with Crippen molar-refractivity contribution in [2.45, 2.75) is 0 Å². The number of phenols is 4. The van der Waals surface area contributed by atoms with E-state index in [9.17, 15) is 0 Å². The Labute approximate surface area is 114 Å². The van der Waals surface area contributed by atoms with Gasteiger partial charge in [0.05, 0.1) is 23.3 Å². The average Bonchev–Trinajstić information content (AvgIpc) is 2.37. The molecule has 2 rings (SSSR count). The molecule has 0 aliphatic heterocycles. The van der Waals surface area contributed by atoms with Gasteiger partial charge in [-0.2, -0.15) is 10.5 Å². The maximum absolute atomic E-state index is 8.81. The SMILES string of the molecule is N#Cc1cc(O)cc(O)c1.N#Cc1cc(O)cc(O)c1. The maximum atomic E-state index is 8.81. The van der Waals surface area contributed by atoms with Crippen molar-refractivity contribution >= 4 is 0 Å². The van der Waals surface area contributed by atoms with Gasteiger partial charge in [-0.1, -0.05) is 0 Å². The van der Waals surface area contributed by atoms with E-state index >= 15 is 0 Å². The normalized spacial score (nSPS) is 8.70. The van der Waals surface area contributed by atoms with Gasteiger partial charge in [0.25, 0.3) is 0 Å². The van der Waals surface area contributed by atoms with E-state index in [1.54, 1.807) is 12.1 Å². The predicted molar refractivity (Wildman–Crippen MR) is 69.0 cm³/mol. The van der Waals surface area contributed by atoms with Gasteiger partial charge in [-0.3, -0.25) is 0 Å². The van der Waals surface area contributed by atoms with Crippen LogP contribution in [0.5, 0.6) is 23.0 Å². The van der Waals surface area contributed by atoms with Crippen molar-refractivity contribution in [2.75, 3.05) is 0 Å². The number of phenolic OH excluding ortho intramolecular Hbond substituents is 4. The summed E-state index contributed by atoms with van der Waals surface area (Å²) >= 11 is 0. The zero-order valence-electron chi connectivity index (χ0n) is 10.1. The van der Waals surface area contributed by atoms with E-state index in [1.165, 1.54) is 36.4 Å². The lowest BCUT2D eigenvalue weighted by Gasteiger charge is -1.93. The predicted octanol–water partition coefficient (Wildman–Crippen LogP) is 1.94. The molecule has 0 radical (unpaired) electrons. The Morgan fingerprint density at radius 2 is 0.800 bits per heavy atom. The quantitative estimate of drug-likeness (QED) is 0.579. The Kier molecular flexibility index (Phi) is 4.79. The van der Waals surface area contributed by atoms with Crippen LogP contribution in [-0.4, -0.2) is 20.4 Å². The molecule has 0 saturated heterocycles. The van der Waals surface area contributed by atoms with E-state index < -0.39 is 0 Å². The smallest absolute Gasteiger partial charge is 0.120 e. The van der Waals surface area contributed by atoms with Gasteiger partial charge in [0.15, 0.2) is 0 Å². The van der Waals surface area contributed by atoms with Gasteiger partial charge in [-0.25, -0.2) is 0 Å². The van der Waals surface area contributed by atoms with Crippen LogP contribution in [-0.2, 0) is 0 Å². The Morgan fingerprint density at radius 3 is 1.00 bits per heavy atom. The third-order valence-electron chi connectivity index (χ3n) is 2.06. The fraction of sp³-hybridized carbons (Fsp3) is 0. The number of nitriles is 2. The number of nitrogens with zero attached hydrogens (tertiary/aromatic N) is 2. The maximum Gasteiger partial charge on any atom is 0.120 e. The summed E-state index contributed by atoms with van der Waals surface area (Å²) in [6, 6.07) is 11.0. The molecule has 0 aromatic heterocycles. The summed E-state index contributed by atoms with van der Waals surface area (Å²) in [5, 5.41) is 51.9. The zero-order valence-corrected chi connectivity index (χ0v) is 10.1. The molecule has 0 spiro atoms. The molecule has 0 aliphatic carbocycles. The number of rotatable bonds is 0. The summed E-state index contributed by atoms with van der Waals surface area (Å²) in [7, 11) is 0. The monoisotopic (exact) mass is 270 g/mol. The molecule has 0 bridgehead atoms. The molecule has 2 aromatic rings. The van der Waals surface area contributed by atoms with Crippen molar-refractivity contribution in [3.8, 4) is 35.1 Å². The fourth-order valence-electron chi connectivity index (χ4n) is 1.32. The highest BCUT2D eigenvalue weighted by Crippen LogP contribution is 2.19. The van der Waals surface area contributed by atoms with Crippen LogP contribution in [0.25, 0.3) is 0 Å². The van der Waals surface area contributed by atoms with Crippen molar-refractivity contribution in [3.63, 3.8) is 0 Å². The Bertz CT molecular complexity index is 597. The average molecular weight is 270 g/mol. The van der Waals surface area contributed by atoms with Crippen LogP contribution in [0.15, 0.2) is 36.4 Å². The summed E-state index contributed by atoms with van der Waals surface area (Å²) in [5.74, 6) is -0.402. The van der Waals surface area contributed by atoms with E-state index in [1.807, 2.05) is 0 Å². The first-order chi connectivity index (χ1) is 9.44. The van der Waals surface area contributed by atoms with Gasteiger partial charge < -0.3 is 20.4 Å². The second-order valence-electron chi connectivity index (χ2n) is 3.70. The topological polar surface area (TPSA) is 128 Å². The van der Waals surface area contributed by atoms with Gasteiger partial charge in [0.2, 0.25) is 0 Å². The summed E-state index contributed by atoms with van der Waals surface area (Å²) in [4.78, 5) is 0. The van der Waals surface area contributed by atoms with Crippen LogP contribution in [0.2, 0.25) is 0 Å². The minimum absolute atomic E-state index is 0.100. The third kappa shape index (κ3) is 4.47. The first-order valence-electron chi connectivity index (χ1n) is 5.31. The lowest BCUT2D eigenvalue weighted by atomic mass is 10.2. The van der Waals surface area contributed by atoms with Gasteiger partial charge >= 0.3 is 0 Å². The van der Waals surface area contributed by atoms with Crippen molar-refractivity contribution in [2.24, 2.45) is 0 Å². The van der Waals surface area contributed by atoms with Gasteiger partial charge in [-0.15, -0.1) is 0 Å². The van der Waals surface area contributed by atoms with Crippen molar-refractivity contribution < 1.29 is 20.4 Å². The summed E-state index contributed by atoms with van der Waals surface area (Å²) < 4.78 is 0. The van der Waals surface area contributed by atoms with Crippen LogP contribution in [0, 0.1) is 22.7 Å². The molecule has 0 aliphatic rings. The van der Waals surface area contributed by atoms with Crippen LogP contribution >= 0.6 is 0 Å². The van der Waals surface area contributed by atoms with Gasteiger partial charge in [0.1, 0.15) is 23.0 Å². The lowest BCUT2D eigenvalue weighted by Crippen LogP contribution is -1.72. The Morgan fingerprint density at radius 1 is 0.550 bits per heavy atom. The number of benzene rings is 2. The molecule has 0 atom stereocenters. The highest BCUT2D eigenvalue weighted by molar-refractivity contribution is 5.43. The Balaban J connectivity index is 0.000000200. The van der Waals surface area contributed by atoms with E-state index in [2.05, 4.69) is 0 Å². The molecule has 0 saturated carbocycles. The van der Waals surface area contributed by atoms with Crippen LogP contribution < -0.4 is 0 Å². The molecule has 20 heavy (non-hydrogen) atoms. The van der Waals surface area contributed by atoms with Gasteiger partial charge in [0, 0.05) is 12.1 Å². The summed E-state index contributed by atoms with van der Waals surface area (Å²) in [6.07, 6.45) is 0. The standard InChI is InChI=1S/2C7H5NO2/c2*8-4-5-1-6(9)3-7(10)2-5/h2*1-3,9-10H. The van der Waals surface area contributed by atoms with Crippen LogP contribution in [0.1, 0.15) is 11.1 Å². The molecular weight excluding hydrogens is 260 g/mol. The Hall–Kier alpha value is -3.38. The molecule has 0 unspecified atom stereocenters.